The van der Waals surface area contributed by atoms with Crippen LogP contribution in [-0.2, 0) is 5.41 Å². The van der Waals surface area contributed by atoms with Crippen LogP contribution in [0.15, 0.2) is 218 Å². The van der Waals surface area contributed by atoms with Crippen molar-refractivity contribution in [2.24, 2.45) is 0 Å². The number of fused-ring (bicyclic) bond motifs is 12. The van der Waals surface area contributed by atoms with Gasteiger partial charge >= 0.3 is 0 Å². The van der Waals surface area contributed by atoms with Crippen LogP contribution in [0.4, 0.5) is 17.1 Å². The van der Waals surface area contributed by atoms with Crippen LogP contribution in [0, 0.1) is 0 Å². The van der Waals surface area contributed by atoms with Crippen molar-refractivity contribution in [3.63, 3.8) is 0 Å². The molecule has 1 atom stereocenters. The summed E-state index contributed by atoms with van der Waals surface area (Å²) >= 11 is 0. The summed E-state index contributed by atoms with van der Waals surface area (Å²) in [4.78, 5) is 2.48. The molecule has 11 aromatic rings. The summed E-state index contributed by atoms with van der Waals surface area (Å²) in [6.45, 7) is 5.12. The molecule has 13 rings (SSSR count). The van der Waals surface area contributed by atoms with E-state index < -0.39 is 13.5 Å². The quantitative estimate of drug-likeness (QED) is 0.161. The Morgan fingerprint density at radius 3 is 1.90 bits per heavy atom. The third kappa shape index (κ3) is 4.74. The van der Waals surface area contributed by atoms with Gasteiger partial charge in [-0.1, -0.05) is 171 Å². The van der Waals surface area contributed by atoms with Crippen LogP contribution in [0.3, 0.4) is 0 Å². The minimum Gasteiger partial charge on any atom is -0.310 e. The molecular weight excluding hydrogens is 765 g/mol. The topological polar surface area (TPSA) is 8.17 Å². The highest BCUT2D eigenvalue weighted by molar-refractivity contribution is 7.01. The van der Waals surface area contributed by atoms with Gasteiger partial charge in [0.1, 0.15) is 8.07 Å². The highest BCUT2D eigenvalue weighted by Gasteiger charge is 2.52. The summed E-state index contributed by atoms with van der Waals surface area (Å²) < 4.78 is 2.43. The largest absolute Gasteiger partial charge is 0.310 e. The molecule has 1 unspecified atom stereocenters. The average Bonchev–Trinajstić information content (AvgIpc) is 3.66. The third-order valence-corrected chi connectivity index (χ3v) is 17.7. The molecule has 3 heteroatoms. The van der Waals surface area contributed by atoms with E-state index >= 15 is 0 Å². The third-order valence-electron chi connectivity index (χ3n) is 14.2. The standard InChI is InChI=1S/C59H42N2Si/c1-62(2)56-29-13-11-26-51(56)59(50-25-10-8-22-46(50)48-24-14-18-40-19-15-27-53(59)58(40)48)52-34-32-45(38-57(52)62)60(42-20-4-3-5-21-42)44-33-35-55-49(37-44)47-23-9-12-28-54(47)61(55)43-31-30-39-16-6-7-17-41(39)36-43/h3-38H,1-2H3. The van der Waals surface area contributed by atoms with Crippen LogP contribution >= 0.6 is 0 Å². The molecule has 2 nitrogen and oxygen atoms in total. The smallest absolute Gasteiger partial charge is 0.113 e. The second-order valence-electron chi connectivity index (χ2n) is 17.7. The lowest BCUT2D eigenvalue weighted by Gasteiger charge is -2.50. The van der Waals surface area contributed by atoms with E-state index in [2.05, 4.69) is 241 Å². The Morgan fingerprint density at radius 1 is 0.387 bits per heavy atom. The van der Waals surface area contributed by atoms with E-state index in [1.807, 2.05) is 0 Å². The molecule has 0 radical (unpaired) electrons. The van der Waals surface area contributed by atoms with E-state index in [1.54, 1.807) is 0 Å². The van der Waals surface area contributed by atoms with Crippen molar-refractivity contribution in [3.8, 4) is 16.8 Å². The van der Waals surface area contributed by atoms with E-state index in [1.165, 1.54) is 98.5 Å². The number of hydrogen-bond acceptors (Lipinski definition) is 1. The lowest BCUT2D eigenvalue weighted by molar-refractivity contribution is 0.754. The molecule has 2 aliphatic rings. The Hall–Kier alpha value is -7.46. The van der Waals surface area contributed by atoms with Gasteiger partial charge < -0.3 is 9.47 Å². The maximum atomic E-state index is 2.57. The molecule has 0 fully saturated rings. The second kappa shape index (κ2) is 13.0. The van der Waals surface area contributed by atoms with Gasteiger partial charge in [-0.3, -0.25) is 0 Å². The van der Waals surface area contributed by atoms with Gasteiger partial charge in [-0.05, 0) is 126 Å². The van der Waals surface area contributed by atoms with Crippen molar-refractivity contribution >= 4 is 78.9 Å². The number of hydrogen-bond donors (Lipinski definition) is 0. The molecule has 0 saturated heterocycles. The Bertz CT molecular complexity index is 3630. The van der Waals surface area contributed by atoms with Crippen LogP contribution in [0.2, 0.25) is 13.1 Å². The number of anilines is 3. The first-order valence-corrected chi connectivity index (χ1v) is 24.8. The first-order chi connectivity index (χ1) is 30.5. The van der Waals surface area contributed by atoms with Gasteiger partial charge in [0.05, 0.1) is 16.4 Å². The maximum Gasteiger partial charge on any atom is 0.113 e. The van der Waals surface area contributed by atoms with Crippen molar-refractivity contribution in [1.82, 2.24) is 4.57 Å². The van der Waals surface area contributed by atoms with Gasteiger partial charge in [-0.15, -0.1) is 0 Å². The molecule has 2 heterocycles. The molecule has 0 saturated carbocycles. The molecule has 0 N–H and O–H groups in total. The molecule has 1 aromatic heterocycles. The molecular formula is C59H42N2Si. The van der Waals surface area contributed by atoms with Crippen molar-refractivity contribution < 1.29 is 0 Å². The molecule has 0 bridgehead atoms. The van der Waals surface area contributed by atoms with Crippen LogP contribution in [-0.4, -0.2) is 12.6 Å². The number of rotatable bonds is 4. The lowest BCUT2D eigenvalue weighted by atomic mass is 9.59. The van der Waals surface area contributed by atoms with Gasteiger partial charge in [0.25, 0.3) is 0 Å². The Kier molecular flexibility index (Phi) is 7.41. The lowest BCUT2D eigenvalue weighted by Crippen LogP contribution is -2.63. The normalized spacial score (nSPS) is 15.8. The summed E-state index contributed by atoms with van der Waals surface area (Å²) in [7, 11) is -2.28. The zero-order valence-corrected chi connectivity index (χ0v) is 35.7. The van der Waals surface area contributed by atoms with Crippen molar-refractivity contribution in [1.29, 1.82) is 0 Å². The Labute approximate surface area is 362 Å². The summed E-state index contributed by atoms with van der Waals surface area (Å²) in [6, 6.07) is 82.2. The summed E-state index contributed by atoms with van der Waals surface area (Å²) in [5.41, 5.74) is 14.8. The van der Waals surface area contributed by atoms with Crippen molar-refractivity contribution in [2.45, 2.75) is 18.5 Å². The van der Waals surface area contributed by atoms with Gasteiger partial charge in [0.2, 0.25) is 0 Å². The monoisotopic (exact) mass is 806 g/mol. The van der Waals surface area contributed by atoms with E-state index in [-0.39, 0.29) is 0 Å². The van der Waals surface area contributed by atoms with E-state index in [9.17, 15) is 0 Å². The van der Waals surface area contributed by atoms with Crippen molar-refractivity contribution in [3.05, 3.63) is 241 Å². The Morgan fingerprint density at radius 2 is 1.02 bits per heavy atom. The summed E-state index contributed by atoms with van der Waals surface area (Å²) in [6.07, 6.45) is 0. The van der Waals surface area contributed by atoms with E-state index in [0.717, 1.165) is 11.4 Å². The summed E-state index contributed by atoms with van der Waals surface area (Å²) in [5.74, 6) is 0. The van der Waals surface area contributed by atoms with Gasteiger partial charge in [-0.2, -0.15) is 0 Å². The van der Waals surface area contributed by atoms with Crippen LogP contribution in [0.25, 0.3) is 60.2 Å². The van der Waals surface area contributed by atoms with Gasteiger partial charge in [0.15, 0.2) is 0 Å². The molecule has 292 valence electrons. The fourth-order valence-corrected chi connectivity index (χ4v) is 14.7. The SMILES string of the molecule is C[Si]1(C)c2ccccc2C2(c3ccccc3-c3cccc4cccc2c34)c2ccc(N(c3ccccc3)c3ccc4c(c3)c3ccccc3n4-c3ccc4ccccc4c3)cc21. The Balaban J connectivity index is 1.06. The minimum absolute atomic E-state index is 0.474. The first kappa shape index (κ1) is 35.3. The zero-order chi connectivity index (χ0) is 41.2. The van der Waals surface area contributed by atoms with Gasteiger partial charge in [0, 0.05) is 33.5 Å². The number of aromatic nitrogens is 1. The van der Waals surface area contributed by atoms with E-state index in [4.69, 9.17) is 0 Å². The molecule has 0 amide bonds. The minimum atomic E-state index is -2.28. The number of nitrogens with zero attached hydrogens (tertiary/aromatic N) is 2. The number of para-hydroxylation sites is 2. The molecule has 1 spiro atoms. The van der Waals surface area contributed by atoms with E-state index in [0.29, 0.717) is 0 Å². The molecule has 1 aliphatic carbocycles. The molecule has 10 aromatic carbocycles. The number of benzene rings is 10. The molecule has 1 aliphatic heterocycles. The summed E-state index contributed by atoms with van der Waals surface area (Å²) in [5, 5.41) is 10.6. The zero-order valence-electron chi connectivity index (χ0n) is 34.7. The average molecular weight is 807 g/mol. The fourth-order valence-electron chi connectivity index (χ4n) is 11.5. The van der Waals surface area contributed by atoms with Crippen molar-refractivity contribution in [2.75, 3.05) is 4.90 Å². The maximum absolute atomic E-state index is 2.57. The van der Waals surface area contributed by atoms with Crippen LogP contribution < -0.4 is 15.3 Å². The van der Waals surface area contributed by atoms with Crippen LogP contribution in [0.1, 0.15) is 22.3 Å². The first-order valence-electron chi connectivity index (χ1n) is 21.8. The second-order valence-corrected chi connectivity index (χ2v) is 22.0. The highest BCUT2D eigenvalue weighted by atomic mass is 28.3. The predicted octanol–water partition coefficient (Wildman–Crippen LogP) is 14.1. The fraction of sp³-hybridized carbons (Fsp3) is 0.0508. The van der Waals surface area contributed by atoms with Gasteiger partial charge in [-0.25, -0.2) is 0 Å². The highest BCUT2D eigenvalue weighted by Crippen LogP contribution is 2.56. The predicted molar refractivity (Wildman–Crippen MR) is 265 cm³/mol. The van der Waals surface area contributed by atoms with Crippen LogP contribution in [0.5, 0.6) is 0 Å². The molecule has 62 heavy (non-hydrogen) atoms.